The summed E-state index contributed by atoms with van der Waals surface area (Å²) in [6.45, 7) is 0. The van der Waals surface area contributed by atoms with E-state index in [2.05, 4.69) is 185 Å². The number of hydrogen-bond acceptors (Lipinski definition) is 4. The molecule has 13 rings (SSSR count). The third-order valence-corrected chi connectivity index (χ3v) is 12.4. The van der Waals surface area contributed by atoms with Crippen LogP contribution in [-0.4, -0.2) is 24.1 Å². The molecule has 0 bridgehead atoms. The first-order valence-electron chi connectivity index (χ1n) is 21.2. The van der Waals surface area contributed by atoms with E-state index in [0.29, 0.717) is 17.5 Å². The van der Waals surface area contributed by atoms with Gasteiger partial charge < -0.3 is 13.6 Å². The Kier molecular flexibility index (Phi) is 7.80. The Hall–Kier alpha value is -8.61. The SMILES string of the molecule is c1ccc(-c2ccc(-c3nc(-c4ccccc4)nc(-c4ccc(-n5c6ccccc6c6ccc7c8ccc9c%10ccccc%10n(-c%10ccccc%10)c9c8oc7c65)cc4)n3)cc2)cc1. The summed E-state index contributed by atoms with van der Waals surface area (Å²) in [7, 11) is 0. The van der Waals surface area contributed by atoms with Crippen molar-refractivity contribution in [3.05, 3.63) is 212 Å². The van der Waals surface area contributed by atoms with Gasteiger partial charge in [-0.25, -0.2) is 15.0 Å². The molecule has 0 aliphatic rings. The molecule has 0 aliphatic carbocycles. The monoisotopic (exact) mass is 805 g/mol. The van der Waals surface area contributed by atoms with E-state index in [9.17, 15) is 0 Å². The third kappa shape index (κ3) is 5.55. The molecular formula is C57H35N5O. The van der Waals surface area contributed by atoms with Gasteiger partial charge in [-0.1, -0.05) is 152 Å². The van der Waals surface area contributed by atoms with Crippen molar-refractivity contribution in [1.82, 2.24) is 24.1 Å². The maximum Gasteiger partial charge on any atom is 0.164 e. The molecule has 0 amide bonds. The standard InChI is InChI=1S/C57H35N5O/c1-4-14-36(15-5-1)37-24-26-39(27-25-37)56-58-55(38-16-6-2-7-17-38)59-57(60-56)40-28-30-42(31-29-40)62-50-23-13-11-21-44(50)46-33-35-48-47-34-32-45-43-20-10-12-22-49(43)61(41-18-8-3-9-19-41)51(45)53(47)63-54(48)52(46)62/h1-35H. The summed E-state index contributed by atoms with van der Waals surface area (Å²) in [5.74, 6) is 1.86. The predicted octanol–water partition coefficient (Wildman–Crippen LogP) is 14.6. The van der Waals surface area contributed by atoms with E-state index >= 15 is 0 Å². The summed E-state index contributed by atoms with van der Waals surface area (Å²) < 4.78 is 11.9. The van der Waals surface area contributed by atoms with Crippen LogP contribution in [0.3, 0.4) is 0 Å². The summed E-state index contributed by atoms with van der Waals surface area (Å²) in [5, 5.41) is 6.81. The molecule has 9 aromatic carbocycles. The smallest absolute Gasteiger partial charge is 0.164 e. The maximum atomic E-state index is 7.23. The number of furan rings is 1. The van der Waals surface area contributed by atoms with Crippen molar-refractivity contribution < 1.29 is 4.42 Å². The summed E-state index contributed by atoms with van der Waals surface area (Å²) in [6, 6.07) is 74.2. The summed E-state index contributed by atoms with van der Waals surface area (Å²) in [4.78, 5) is 15.1. The minimum atomic E-state index is 0.609. The third-order valence-electron chi connectivity index (χ3n) is 12.4. The number of hydrogen-bond donors (Lipinski definition) is 0. The molecule has 6 heteroatoms. The molecule has 0 spiro atoms. The number of para-hydroxylation sites is 3. The maximum absolute atomic E-state index is 7.23. The zero-order chi connectivity index (χ0) is 41.4. The number of rotatable bonds is 6. The van der Waals surface area contributed by atoms with E-state index in [4.69, 9.17) is 19.4 Å². The van der Waals surface area contributed by atoms with Gasteiger partial charge in [0.05, 0.1) is 22.1 Å². The molecule has 294 valence electrons. The quantitative estimate of drug-likeness (QED) is 0.168. The summed E-state index contributed by atoms with van der Waals surface area (Å²) in [5.41, 5.74) is 13.2. The highest BCUT2D eigenvalue weighted by atomic mass is 16.3. The second kappa shape index (κ2) is 14.0. The lowest BCUT2D eigenvalue weighted by atomic mass is 10.0. The fraction of sp³-hybridized carbons (Fsp3) is 0. The van der Waals surface area contributed by atoms with Gasteiger partial charge in [0.1, 0.15) is 0 Å². The average molecular weight is 806 g/mol. The Labute approximate surface area is 361 Å². The minimum absolute atomic E-state index is 0.609. The lowest BCUT2D eigenvalue weighted by Crippen LogP contribution is -2.00. The molecule has 0 atom stereocenters. The summed E-state index contributed by atoms with van der Waals surface area (Å²) >= 11 is 0. The van der Waals surface area contributed by atoms with Gasteiger partial charge in [-0.3, -0.25) is 0 Å². The first-order valence-corrected chi connectivity index (χ1v) is 21.2. The predicted molar refractivity (Wildman–Crippen MR) is 258 cm³/mol. The molecule has 13 aromatic rings. The van der Waals surface area contributed by atoms with Gasteiger partial charge in [0, 0.05) is 60.4 Å². The van der Waals surface area contributed by atoms with Crippen LogP contribution in [0.15, 0.2) is 217 Å². The number of aromatic nitrogens is 5. The van der Waals surface area contributed by atoms with Crippen molar-refractivity contribution in [2.24, 2.45) is 0 Å². The van der Waals surface area contributed by atoms with Crippen LogP contribution >= 0.6 is 0 Å². The van der Waals surface area contributed by atoms with Gasteiger partial charge in [-0.05, 0) is 71.8 Å². The van der Waals surface area contributed by atoms with Crippen LogP contribution in [0.2, 0.25) is 0 Å². The summed E-state index contributed by atoms with van der Waals surface area (Å²) in [6.07, 6.45) is 0. The van der Waals surface area contributed by atoms with Gasteiger partial charge in [0.25, 0.3) is 0 Å². The highest BCUT2D eigenvalue weighted by Crippen LogP contribution is 2.44. The first-order chi connectivity index (χ1) is 31.2. The van der Waals surface area contributed by atoms with Crippen LogP contribution < -0.4 is 0 Å². The molecule has 0 fully saturated rings. The van der Waals surface area contributed by atoms with Crippen molar-refractivity contribution in [2.75, 3.05) is 0 Å². The molecule has 6 nitrogen and oxygen atoms in total. The molecule has 0 unspecified atom stereocenters. The Balaban J connectivity index is 0.985. The lowest BCUT2D eigenvalue weighted by Gasteiger charge is -2.11. The van der Waals surface area contributed by atoms with Crippen molar-refractivity contribution >= 4 is 65.6 Å². The van der Waals surface area contributed by atoms with E-state index in [1.54, 1.807) is 0 Å². The van der Waals surface area contributed by atoms with E-state index in [1.165, 1.54) is 10.9 Å². The number of nitrogens with zero attached hydrogens (tertiary/aromatic N) is 5. The van der Waals surface area contributed by atoms with E-state index in [0.717, 1.165) is 93.8 Å². The molecular weight excluding hydrogens is 771 g/mol. The van der Waals surface area contributed by atoms with Crippen molar-refractivity contribution in [1.29, 1.82) is 0 Å². The van der Waals surface area contributed by atoms with Crippen LogP contribution in [0, 0.1) is 0 Å². The molecule has 0 saturated carbocycles. The lowest BCUT2D eigenvalue weighted by molar-refractivity contribution is 0.673. The number of benzene rings is 9. The van der Waals surface area contributed by atoms with Crippen LogP contribution in [0.1, 0.15) is 0 Å². The van der Waals surface area contributed by atoms with E-state index in [1.807, 2.05) is 36.4 Å². The van der Waals surface area contributed by atoms with Gasteiger partial charge in [-0.2, -0.15) is 0 Å². The molecule has 4 aromatic heterocycles. The molecule has 0 radical (unpaired) electrons. The number of fused-ring (bicyclic) bond motifs is 11. The van der Waals surface area contributed by atoms with Gasteiger partial charge >= 0.3 is 0 Å². The Morgan fingerprint density at radius 3 is 1.13 bits per heavy atom. The molecule has 0 N–H and O–H groups in total. The van der Waals surface area contributed by atoms with Crippen molar-refractivity contribution in [3.8, 4) is 56.7 Å². The van der Waals surface area contributed by atoms with Crippen LogP contribution in [0.25, 0.3) is 122 Å². The fourth-order valence-electron chi connectivity index (χ4n) is 9.45. The first kappa shape index (κ1) is 35.2. The van der Waals surface area contributed by atoms with Gasteiger partial charge in [-0.15, -0.1) is 0 Å². The van der Waals surface area contributed by atoms with Crippen LogP contribution in [0.5, 0.6) is 0 Å². The zero-order valence-corrected chi connectivity index (χ0v) is 33.9. The largest absolute Gasteiger partial charge is 0.452 e. The van der Waals surface area contributed by atoms with Gasteiger partial charge in [0.15, 0.2) is 28.6 Å². The Morgan fingerprint density at radius 2 is 0.619 bits per heavy atom. The van der Waals surface area contributed by atoms with E-state index in [-0.39, 0.29) is 0 Å². The molecule has 63 heavy (non-hydrogen) atoms. The molecule has 4 heterocycles. The molecule has 0 saturated heterocycles. The zero-order valence-electron chi connectivity index (χ0n) is 33.9. The average Bonchev–Trinajstić information content (AvgIpc) is 4.03. The highest BCUT2D eigenvalue weighted by Gasteiger charge is 2.23. The van der Waals surface area contributed by atoms with Crippen molar-refractivity contribution in [2.45, 2.75) is 0 Å². The van der Waals surface area contributed by atoms with E-state index < -0.39 is 0 Å². The Morgan fingerprint density at radius 1 is 0.270 bits per heavy atom. The minimum Gasteiger partial charge on any atom is -0.452 e. The topological polar surface area (TPSA) is 61.7 Å². The molecule has 0 aliphatic heterocycles. The fourth-order valence-corrected chi connectivity index (χ4v) is 9.45. The van der Waals surface area contributed by atoms with Gasteiger partial charge in [0.2, 0.25) is 0 Å². The normalized spacial score (nSPS) is 11.8. The van der Waals surface area contributed by atoms with Crippen molar-refractivity contribution in [3.63, 3.8) is 0 Å². The second-order valence-corrected chi connectivity index (χ2v) is 16.0. The van der Waals surface area contributed by atoms with Crippen LogP contribution in [-0.2, 0) is 0 Å². The highest BCUT2D eigenvalue weighted by molar-refractivity contribution is 6.26. The van der Waals surface area contributed by atoms with Crippen LogP contribution in [0.4, 0.5) is 0 Å². The second-order valence-electron chi connectivity index (χ2n) is 16.0. The Bertz CT molecular complexity index is 3870.